The molecule has 1 saturated heterocycles. The van der Waals surface area contributed by atoms with Gasteiger partial charge in [-0.1, -0.05) is 58.3 Å². The molecule has 3 aromatic rings. The molecule has 1 aromatic carbocycles. The summed E-state index contributed by atoms with van der Waals surface area (Å²) >= 11 is 6.23. The van der Waals surface area contributed by atoms with Gasteiger partial charge >= 0.3 is 5.97 Å². The van der Waals surface area contributed by atoms with Crippen LogP contribution in [0.3, 0.4) is 0 Å². The van der Waals surface area contributed by atoms with Crippen molar-refractivity contribution in [2.75, 3.05) is 44.2 Å². The van der Waals surface area contributed by atoms with Gasteiger partial charge in [0, 0.05) is 74.3 Å². The lowest BCUT2D eigenvalue weighted by Crippen LogP contribution is -2.74. The number of nitrogens with zero attached hydrogens (tertiary/aromatic N) is 5. The maximum atomic E-state index is 13.4. The van der Waals surface area contributed by atoms with E-state index in [4.69, 9.17) is 25.6 Å². The Kier molecular flexibility index (Phi) is 10.9. The quantitative estimate of drug-likeness (QED) is 0.230. The molecule has 2 fully saturated rings. The van der Waals surface area contributed by atoms with Crippen molar-refractivity contribution in [1.82, 2.24) is 20.4 Å². The Bertz CT molecular complexity index is 1660. The normalized spacial score (nSPS) is 20.6. The van der Waals surface area contributed by atoms with Crippen molar-refractivity contribution >= 4 is 29.3 Å². The summed E-state index contributed by atoms with van der Waals surface area (Å²) in [7, 11) is 0. The van der Waals surface area contributed by atoms with Gasteiger partial charge in [0.05, 0.1) is 28.5 Å². The second kappa shape index (κ2) is 14.8. The number of carbonyl (C=O) groups is 2. The highest BCUT2D eigenvalue weighted by Crippen LogP contribution is 2.55. The molecular weight excluding hydrogens is 644 g/mol. The predicted molar refractivity (Wildman–Crippen MR) is 187 cm³/mol. The first-order valence-corrected chi connectivity index (χ1v) is 17.4. The summed E-state index contributed by atoms with van der Waals surface area (Å²) in [6.45, 7) is 18.6. The van der Waals surface area contributed by atoms with E-state index in [1.165, 1.54) is 0 Å². The number of piperazine rings is 1. The van der Waals surface area contributed by atoms with Crippen molar-refractivity contribution in [3.63, 3.8) is 0 Å². The Labute approximate surface area is 293 Å². The smallest absolute Gasteiger partial charge is 0.317 e. The van der Waals surface area contributed by atoms with Crippen LogP contribution in [0.15, 0.2) is 47.1 Å². The number of nitriles is 1. The highest BCUT2D eigenvalue weighted by molar-refractivity contribution is 6.31. The third-order valence-electron chi connectivity index (χ3n) is 9.91. The number of esters is 1. The molecule has 49 heavy (non-hydrogen) atoms. The second-order valence-electron chi connectivity index (χ2n) is 14.5. The fraction of sp³-hybridized carbons (Fsp3) is 0.541. The minimum Gasteiger partial charge on any atom is -0.489 e. The molecule has 12 heteroatoms. The molecule has 1 aliphatic heterocycles. The third-order valence-corrected chi connectivity index (χ3v) is 10.2. The number of amides is 1. The number of anilines is 1. The minimum atomic E-state index is -0.458. The molecule has 1 saturated carbocycles. The number of carbonyl (C=O) groups excluding carboxylic acids is 2. The molecule has 0 radical (unpaired) electrons. The van der Waals surface area contributed by atoms with Gasteiger partial charge in [0.2, 0.25) is 0 Å². The number of aromatic nitrogens is 2. The summed E-state index contributed by atoms with van der Waals surface area (Å²) in [6.07, 6.45) is 2.19. The van der Waals surface area contributed by atoms with Crippen LogP contribution in [0.5, 0.6) is 5.75 Å². The van der Waals surface area contributed by atoms with Gasteiger partial charge in [-0.2, -0.15) is 5.26 Å². The van der Waals surface area contributed by atoms with Crippen LogP contribution >= 0.6 is 11.6 Å². The number of hydrogen-bond acceptors (Lipinski definition) is 10. The summed E-state index contributed by atoms with van der Waals surface area (Å²) in [6, 6.07) is 12.6. The number of benzene rings is 1. The molecule has 0 spiro atoms. The number of hydrogen-bond donors (Lipinski definition) is 1. The molecule has 1 N–H and O–H groups in total. The van der Waals surface area contributed by atoms with Gasteiger partial charge in [-0.25, -0.2) is 4.98 Å². The molecule has 1 unspecified atom stereocenters. The molecule has 2 aliphatic rings. The standard InChI is InChI=1S/C37H47ClN6O5/c1-8-47-33(46)31(23(2)3)29-19-26(42-49-29)13-14-43-15-17-44(18-16-43)30-12-10-25(22-40-30)32(45)41-34-36(4,5)35(37(34,6)7)48-27-11-9-24(21-39)28(38)20-27/h9-12,19-20,22-23,31,34-35H,8,13-18H2,1-7H3,(H,41,45)/t31?,34-,35-. The van der Waals surface area contributed by atoms with E-state index >= 15 is 0 Å². The van der Waals surface area contributed by atoms with Gasteiger partial charge in [-0.15, -0.1) is 0 Å². The van der Waals surface area contributed by atoms with Crippen molar-refractivity contribution in [1.29, 1.82) is 5.26 Å². The first-order chi connectivity index (χ1) is 23.3. The van der Waals surface area contributed by atoms with E-state index in [1.54, 1.807) is 31.3 Å². The summed E-state index contributed by atoms with van der Waals surface area (Å²) < 4.78 is 17.1. The van der Waals surface area contributed by atoms with Crippen molar-refractivity contribution in [3.05, 3.63) is 70.2 Å². The monoisotopic (exact) mass is 690 g/mol. The van der Waals surface area contributed by atoms with E-state index in [0.29, 0.717) is 34.3 Å². The zero-order valence-corrected chi connectivity index (χ0v) is 30.2. The first-order valence-electron chi connectivity index (χ1n) is 17.0. The third kappa shape index (κ3) is 7.71. The van der Waals surface area contributed by atoms with Gasteiger partial charge in [-0.05, 0) is 37.1 Å². The number of pyridine rings is 1. The Balaban J connectivity index is 1.10. The van der Waals surface area contributed by atoms with E-state index in [-0.39, 0.29) is 40.8 Å². The van der Waals surface area contributed by atoms with Crippen LogP contribution in [0.25, 0.3) is 0 Å². The lowest BCUT2D eigenvalue weighted by molar-refractivity contribution is -0.164. The van der Waals surface area contributed by atoms with Crippen LogP contribution in [0.4, 0.5) is 5.82 Å². The molecule has 11 nitrogen and oxygen atoms in total. The maximum Gasteiger partial charge on any atom is 0.317 e. The van der Waals surface area contributed by atoms with Gasteiger partial charge < -0.3 is 24.2 Å². The SMILES string of the molecule is CCOC(=O)C(c1cc(CCN2CCN(c3ccc(C(=O)N[C@H]4C(C)(C)[C@H](Oc5ccc(C#N)c(Cl)c5)C4(C)C)cn3)CC2)no1)C(C)C. The molecule has 1 amide bonds. The molecule has 0 bridgehead atoms. The fourth-order valence-corrected chi connectivity index (χ4v) is 7.75. The average molecular weight is 691 g/mol. The van der Waals surface area contributed by atoms with Crippen molar-refractivity contribution < 1.29 is 23.6 Å². The minimum absolute atomic E-state index is 0.0441. The fourth-order valence-electron chi connectivity index (χ4n) is 7.53. The Morgan fingerprint density at radius 3 is 2.41 bits per heavy atom. The molecule has 262 valence electrons. The summed E-state index contributed by atoms with van der Waals surface area (Å²) in [5.41, 5.74) is 1.02. The highest BCUT2D eigenvalue weighted by atomic mass is 35.5. The van der Waals surface area contributed by atoms with Crippen molar-refractivity contribution in [2.24, 2.45) is 16.7 Å². The highest BCUT2D eigenvalue weighted by Gasteiger charge is 2.64. The molecule has 1 atom stereocenters. The van der Waals surface area contributed by atoms with E-state index in [0.717, 1.165) is 50.7 Å². The van der Waals surface area contributed by atoms with Crippen LogP contribution in [0.1, 0.15) is 81.8 Å². The van der Waals surface area contributed by atoms with Crippen LogP contribution < -0.4 is 15.0 Å². The summed E-state index contributed by atoms with van der Waals surface area (Å²) in [5, 5.41) is 17.0. The molecule has 1 aliphatic carbocycles. The average Bonchev–Trinajstić information content (AvgIpc) is 3.53. The van der Waals surface area contributed by atoms with Crippen LogP contribution in [0.2, 0.25) is 5.02 Å². The van der Waals surface area contributed by atoms with Crippen LogP contribution in [-0.2, 0) is 16.0 Å². The molecule has 5 rings (SSSR count). The van der Waals surface area contributed by atoms with Gasteiger partial charge in [0.15, 0.2) is 5.76 Å². The van der Waals surface area contributed by atoms with Crippen molar-refractivity contribution in [2.45, 2.75) is 73.0 Å². The summed E-state index contributed by atoms with van der Waals surface area (Å²) in [4.78, 5) is 35.0. The van der Waals surface area contributed by atoms with E-state index in [9.17, 15) is 14.9 Å². The lowest BCUT2D eigenvalue weighted by atomic mass is 9.49. The molecular formula is C37H47ClN6O5. The van der Waals surface area contributed by atoms with Crippen LogP contribution in [-0.4, -0.2) is 78.4 Å². The van der Waals surface area contributed by atoms with E-state index in [2.05, 4.69) is 59.0 Å². The Morgan fingerprint density at radius 1 is 1.10 bits per heavy atom. The number of halogens is 1. The van der Waals surface area contributed by atoms with Crippen molar-refractivity contribution in [3.8, 4) is 11.8 Å². The number of nitrogens with one attached hydrogen (secondary N) is 1. The number of rotatable bonds is 12. The largest absolute Gasteiger partial charge is 0.489 e. The topological polar surface area (TPSA) is 134 Å². The van der Waals surface area contributed by atoms with E-state index < -0.39 is 5.92 Å². The second-order valence-corrected chi connectivity index (χ2v) is 14.9. The number of ether oxygens (including phenoxy) is 2. The zero-order valence-electron chi connectivity index (χ0n) is 29.5. The summed E-state index contributed by atoms with van der Waals surface area (Å²) in [5.74, 6) is 1.12. The van der Waals surface area contributed by atoms with Gasteiger partial charge in [0.25, 0.3) is 5.91 Å². The van der Waals surface area contributed by atoms with Gasteiger partial charge in [-0.3, -0.25) is 14.5 Å². The maximum absolute atomic E-state index is 13.4. The Hall–Kier alpha value is -4.14. The lowest BCUT2D eigenvalue weighted by Gasteiger charge is -2.63. The zero-order chi connectivity index (χ0) is 35.5. The predicted octanol–water partition coefficient (Wildman–Crippen LogP) is 5.87. The van der Waals surface area contributed by atoms with Crippen LogP contribution in [0, 0.1) is 28.1 Å². The first kappa shape index (κ1) is 36.1. The van der Waals surface area contributed by atoms with Gasteiger partial charge in [0.1, 0.15) is 29.7 Å². The van der Waals surface area contributed by atoms with E-state index in [1.807, 2.05) is 32.0 Å². The molecule has 2 aromatic heterocycles. The Morgan fingerprint density at radius 2 is 1.82 bits per heavy atom. The molecule has 3 heterocycles.